The number of benzene rings is 2. The van der Waals surface area contributed by atoms with E-state index in [9.17, 15) is 8.42 Å². The Morgan fingerprint density at radius 3 is 2.37 bits per heavy atom. The van der Waals surface area contributed by atoms with Crippen LogP contribution in [0.2, 0.25) is 0 Å². The summed E-state index contributed by atoms with van der Waals surface area (Å²) >= 11 is 1.53. The van der Waals surface area contributed by atoms with Crippen molar-refractivity contribution < 1.29 is 8.42 Å². The predicted octanol–water partition coefficient (Wildman–Crippen LogP) is 2.38. The third-order valence-electron chi connectivity index (χ3n) is 2.61. The molecule has 0 aromatic heterocycles. The predicted molar refractivity (Wildman–Crippen MR) is 77.5 cm³/mol. The Hall–Kier alpha value is -1.50. The van der Waals surface area contributed by atoms with Gasteiger partial charge in [-0.1, -0.05) is 30.0 Å². The van der Waals surface area contributed by atoms with Crippen molar-refractivity contribution in [3.05, 3.63) is 48.0 Å². The van der Waals surface area contributed by atoms with Gasteiger partial charge in [0.1, 0.15) is 4.90 Å². The van der Waals surface area contributed by atoms with Crippen LogP contribution in [0, 0.1) is 6.92 Å². The summed E-state index contributed by atoms with van der Waals surface area (Å²) in [6.07, 6.45) is 0. The zero-order valence-corrected chi connectivity index (χ0v) is 12.0. The lowest BCUT2D eigenvalue weighted by Gasteiger charge is -2.08. The summed E-state index contributed by atoms with van der Waals surface area (Å²) in [5.74, 6) is 0. The summed E-state index contributed by atoms with van der Waals surface area (Å²) < 4.78 is 22.5. The van der Waals surface area contributed by atoms with Crippen LogP contribution >= 0.6 is 11.8 Å². The highest BCUT2D eigenvalue weighted by Crippen LogP contribution is 2.32. The second-order valence-electron chi connectivity index (χ2n) is 4.11. The first kappa shape index (κ1) is 13.9. The number of hydrogen-bond acceptors (Lipinski definition) is 4. The molecule has 100 valence electrons. The summed E-state index contributed by atoms with van der Waals surface area (Å²) in [6, 6.07) is 12.7. The smallest absolute Gasteiger partial charge is 0.240 e. The van der Waals surface area contributed by atoms with Gasteiger partial charge in [-0.05, 0) is 36.8 Å². The van der Waals surface area contributed by atoms with Crippen LogP contribution < -0.4 is 10.9 Å². The van der Waals surface area contributed by atoms with Crippen molar-refractivity contribution in [2.24, 2.45) is 5.14 Å². The lowest BCUT2D eigenvalue weighted by Crippen LogP contribution is -2.14. The minimum Gasteiger partial charge on any atom is -0.398 e. The van der Waals surface area contributed by atoms with E-state index in [4.69, 9.17) is 10.9 Å². The van der Waals surface area contributed by atoms with Gasteiger partial charge in [-0.2, -0.15) is 0 Å². The first-order valence-electron chi connectivity index (χ1n) is 5.54. The first-order chi connectivity index (χ1) is 8.88. The highest BCUT2D eigenvalue weighted by atomic mass is 32.2. The number of primary sulfonamides is 1. The molecule has 0 saturated heterocycles. The minimum atomic E-state index is -3.77. The maximum atomic E-state index is 11.3. The molecule has 2 aromatic carbocycles. The summed E-state index contributed by atoms with van der Waals surface area (Å²) in [6.45, 7) is 2.02. The van der Waals surface area contributed by atoms with E-state index in [1.165, 1.54) is 17.8 Å². The number of anilines is 1. The molecule has 0 atom stereocenters. The van der Waals surface area contributed by atoms with Gasteiger partial charge in [-0.3, -0.25) is 0 Å². The third-order valence-corrected chi connectivity index (χ3v) is 4.76. The van der Waals surface area contributed by atoms with Gasteiger partial charge < -0.3 is 5.73 Å². The summed E-state index contributed by atoms with van der Waals surface area (Å²) in [4.78, 5) is 1.94. The fraction of sp³-hybridized carbons (Fsp3) is 0.0769. The maximum Gasteiger partial charge on any atom is 0.240 e. The first-order valence-corrected chi connectivity index (χ1v) is 7.90. The van der Waals surface area contributed by atoms with Crippen LogP contribution in [0.4, 0.5) is 5.69 Å². The van der Waals surface area contributed by atoms with E-state index < -0.39 is 10.0 Å². The molecule has 2 aromatic rings. The van der Waals surface area contributed by atoms with Crippen molar-refractivity contribution in [1.29, 1.82) is 0 Å². The van der Waals surface area contributed by atoms with E-state index in [1.54, 1.807) is 12.1 Å². The van der Waals surface area contributed by atoms with E-state index >= 15 is 0 Å². The normalized spacial score (nSPS) is 11.5. The Morgan fingerprint density at radius 1 is 1.11 bits per heavy atom. The molecule has 0 saturated carbocycles. The Bertz CT molecular complexity index is 712. The van der Waals surface area contributed by atoms with Gasteiger partial charge in [0.15, 0.2) is 0 Å². The summed E-state index contributed by atoms with van der Waals surface area (Å²) in [5.41, 5.74) is 7.05. The number of nitrogens with two attached hydrogens (primary N) is 2. The van der Waals surface area contributed by atoms with Crippen molar-refractivity contribution in [3.8, 4) is 0 Å². The van der Waals surface area contributed by atoms with Crippen LogP contribution in [-0.4, -0.2) is 8.42 Å². The highest BCUT2D eigenvalue weighted by molar-refractivity contribution is 7.99. The largest absolute Gasteiger partial charge is 0.398 e. The fourth-order valence-electron chi connectivity index (χ4n) is 1.65. The van der Waals surface area contributed by atoms with Gasteiger partial charge in [-0.25, -0.2) is 13.6 Å². The topological polar surface area (TPSA) is 86.2 Å². The lowest BCUT2D eigenvalue weighted by molar-refractivity contribution is 0.598. The zero-order chi connectivity index (χ0) is 14.0. The Morgan fingerprint density at radius 2 is 1.79 bits per heavy atom. The van der Waals surface area contributed by atoms with Crippen molar-refractivity contribution in [2.45, 2.75) is 21.6 Å². The fourth-order valence-corrected chi connectivity index (χ4v) is 3.24. The SMILES string of the molecule is Cc1ccccc1Sc1ccc(S(N)(=O)=O)c(N)c1. The molecule has 0 aliphatic rings. The van der Waals surface area contributed by atoms with Gasteiger partial charge in [0, 0.05) is 9.79 Å². The molecule has 0 spiro atoms. The molecule has 0 radical (unpaired) electrons. The molecule has 0 fully saturated rings. The second kappa shape index (κ2) is 5.24. The average Bonchev–Trinajstić information content (AvgIpc) is 2.30. The molecule has 2 rings (SSSR count). The quantitative estimate of drug-likeness (QED) is 0.851. The van der Waals surface area contributed by atoms with E-state index in [-0.39, 0.29) is 10.6 Å². The minimum absolute atomic E-state index is 0.0402. The van der Waals surface area contributed by atoms with Crippen LogP contribution in [-0.2, 0) is 10.0 Å². The molecular weight excluding hydrogens is 280 g/mol. The maximum absolute atomic E-state index is 11.3. The molecule has 0 unspecified atom stereocenters. The van der Waals surface area contributed by atoms with Gasteiger partial charge in [0.2, 0.25) is 10.0 Å². The van der Waals surface area contributed by atoms with Crippen molar-refractivity contribution in [1.82, 2.24) is 0 Å². The molecular formula is C13H14N2O2S2. The third kappa shape index (κ3) is 3.28. The van der Waals surface area contributed by atoms with Gasteiger partial charge in [-0.15, -0.1) is 0 Å². The van der Waals surface area contributed by atoms with Gasteiger partial charge in [0.25, 0.3) is 0 Å². The van der Waals surface area contributed by atoms with E-state index in [0.717, 1.165) is 15.4 Å². The van der Waals surface area contributed by atoms with Crippen LogP contribution in [0.25, 0.3) is 0 Å². The second-order valence-corrected chi connectivity index (χ2v) is 6.76. The number of aryl methyl sites for hydroxylation is 1. The van der Waals surface area contributed by atoms with Crippen LogP contribution in [0.15, 0.2) is 57.2 Å². The molecule has 19 heavy (non-hydrogen) atoms. The van der Waals surface area contributed by atoms with Crippen LogP contribution in [0.5, 0.6) is 0 Å². The molecule has 6 heteroatoms. The van der Waals surface area contributed by atoms with Gasteiger partial charge >= 0.3 is 0 Å². The number of sulfonamides is 1. The van der Waals surface area contributed by atoms with Crippen LogP contribution in [0.1, 0.15) is 5.56 Å². The molecule has 0 heterocycles. The zero-order valence-electron chi connectivity index (χ0n) is 10.3. The summed E-state index contributed by atoms with van der Waals surface area (Å²) in [5, 5.41) is 5.07. The summed E-state index contributed by atoms with van der Waals surface area (Å²) in [7, 11) is -3.77. The molecule has 4 N–H and O–H groups in total. The molecule has 0 bridgehead atoms. The van der Waals surface area contributed by atoms with E-state index in [2.05, 4.69) is 0 Å². The molecule has 0 aliphatic carbocycles. The number of rotatable bonds is 3. The Kier molecular flexibility index (Phi) is 3.84. The Labute approximate surface area is 116 Å². The number of nitrogen functional groups attached to an aromatic ring is 1. The average molecular weight is 294 g/mol. The number of hydrogen-bond donors (Lipinski definition) is 2. The van der Waals surface area contributed by atoms with E-state index in [1.807, 2.05) is 31.2 Å². The monoisotopic (exact) mass is 294 g/mol. The standard InChI is InChI=1S/C13H14N2O2S2/c1-9-4-2-3-5-12(9)18-10-6-7-13(11(14)8-10)19(15,16)17/h2-8H,14H2,1H3,(H2,15,16,17). The van der Waals surface area contributed by atoms with E-state index in [0.29, 0.717) is 0 Å². The van der Waals surface area contributed by atoms with Crippen LogP contribution in [0.3, 0.4) is 0 Å². The lowest BCUT2D eigenvalue weighted by atomic mass is 10.2. The highest BCUT2D eigenvalue weighted by Gasteiger charge is 2.12. The van der Waals surface area contributed by atoms with Crippen molar-refractivity contribution in [3.63, 3.8) is 0 Å². The van der Waals surface area contributed by atoms with Crippen molar-refractivity contribution >= 4 is 27.5 Å². The molecule has 0 aliphatic heterocycles. The van der Waals surface area contributed by atoms with Crippen molar-refractivity contribution in [2.75, 3.05) is 5.73 Å². The van der Waals surface area contributed by atoms with Gasteiger partial charge in [0.05, 0.1) is 5.69 Å². The Balaban J connectivity index is 2.34. The molecule has 0 amide bonds. The molecule has 4 nitrogen and oxygen atoms in total.